The van der Waals surface area contributed by atoms with Gasteiger partial charge in [0.15, 0.2) is 11.5 Å². The van der Waals surface area contributed by atoms with Gasteiger partial charge in [-0.1, -0.05) is 66.7 Å². The summed E-state index contributed by atoms with van der Waals surface area (Å²) in [6.07, 6.45) is 0. The molecular weight excluding hydrogens is 464 g/mol. The van der Waals surface area contributed by atoms with Crippen molar-refractivity contribution in [3.8, 4) is 11.5 Å². The van der Waals surface area contributed by atoms with E-state index in [0.717, 1.165) is 16.8 Å². The van der Waals surface area contributed by atoms with Crippen LogP contribution in [0.4, 0.5) is 5.69 Å². The second-order valence-electron chi connectivity index (χ2n) is 8.56. The first-order valence-corrected chi connectivity index (χ1v) is 11.8. The number of hydrogen-bond donors (Lipinski definition) is 3. The largest absolute Gasteiger partial charge is 0.493 e. The van der Waals surface area contributed by atoms with E-state index in [-0.39, 0.29) is 5.84 Å². The van der Waals surface area contributed by atoms with Gasteiger partial charge in [-0.2, -0.15) is 0 Å². The number of carbonyl (C=O) groups excluding carboxylic acids is 1. The predicted molar refractivity (Wildman–Crippen MR) is 146 cm³/mol. The molecule has 0 saturated heterocycles. The lowest BCUT2D eigenvalue weighted by molar-refractivity contribution is -0.119. The monoisotopic (exact) mass is 494 g/mol. The van der Waals surface area contributed by atoms with Crippen LogP contribution < -0.4 is 25.8 Å². The summed E-state index contributed by atoms with van der Waals surface area (Å²) in [4.78, 5) is 14.9. The zero-order valence-electron chi connectivity index (χ0n) is 20.6. The lowest BCUT2D eigenvalue weighted by atomic mass is 10.0. The van der Waals surface area contributed by atoms with Crippen molar-refractivity contribution in [3.05, 3.63) is 125 Å². The number of benzene rings is 4. The minimum absolute atomic E-state index is 0.0246. The van der Waals surface area contributed by atoms with Crippen molar-refractivity contribution in [1.82, 2.24) is 0 Å². The van der Waals surface area contributed by atoms with Crippen LogP contribution in [-0.4, -0.2) is 18.9 Å². The highest BCUT2D eigenvalue weighted by atomic mass is 16.5. The van der Waals surface area contributed by atoms with E-state index in [2.05, 4.69) is 0 Å². The number of ether oxygens (including phenoxy) is 2. The normalized spacial score (nSPS) is 11.4. The summed E-state index contributed by atoms with van der Waals surface area (Å²) in [5, 5.41) is 7.70. The zero-order valence-corrected chi connectivity index (χ0v) is 20.6. The Hall–Kier alpha value is -4.78. The van der Waals surface area contributed by atoms with Crippen molar-refractivity contribution in [2.75, 3.05) is 12.0 Å². The van der Waals surface area contributed by atoms with Crippen molar-refractivity contribution in [3.63, 3.8) is 0 Å². The summed E-state index contributed by atoms with van der Waals surface area (Å²) in [6.45, 7) is 0.820. The Balaban J connectivity index is 1.69. The van der Waals surface area contributed by atoms with Gasteiger partial charge in [0.05, 0.1) is 7.11 Å². The molecule has 0 aliphatic carbocycles. The van der Waals surface area contributed by atoms with Gasteiger partial charge < -0.3 is 25.8 Å². The Morgan fingerprint density at radius 3 is 2.03 bits per heavy atom. The number of nitrogens with one attached hydrogen (secondary N) is 1. The quantitative estimate of drug-likeness (QED) is 0.205. The smallest absolute Gasteiger partial charge is 0.244 e. The fraction of sp³-hybridized carbons (Fsp3) is 0.133. The Bertz CT molecular complexity index is 1340. The van der Waals surface area contributed by atoms with E-state index < -0.39 is 11.9 Å². The number of nitrogen functional groups attached to an aromatic ring is 1. The highest BCUT2D eigenvalue weighted by Gasteiger charge is 2.28. The molecule has 1 atom stereocenters. The van der Waals surface area contributed by atoms with E-state index >= 15 is 0 Å². The van der Waals surface area contributed by atoms with Gasteiger partial charge in [-0.3, -0.25) is 10.2 Å². The lowest BCUT2D eigenvalue weighted by Gasteiger charge is -2.32. The molecule has 0 saturated carbocycles. The summed E-state index contributed by atoms with van der Waals surface area (Å²) in [5.41, 5.74) is 15.7. The molecule has 4 rings (SSSR count). The second kappa shape index (κ2) is 11.8. The molecule has 0 radical (unpaired) electrons. The van der Waals surface area contributed by atoms with Crippen LogP contribution in [-0.2, 0) is 17.9 Å². The lowest BCUT2D eigenvalue weighted by Crippen LogP contribution is -2.37. The van der Waals surface area contributed by atoms with Gasteiger partial charge >= 0.3 is 0 Å². The molecule has 5 N–H and O–H groups in total. The van der Waals surface area contributed by atoms with Gasteiger partial charge in [-0.15, -0.1) is 0 Å². The number of rotatable bonds is 11. The maximum Gasteiger partial charge on any atom is 0.244 e. The maximum atomic E-state index is 12.9. The van der Waals surface area contributed by atoms with Gasteiger partial charge in [0.2, 0.25) is 5.91 Å². The zero-order chi connectivity index (χ0) is 26.2. The van der Waals surface area contributed by atoms with Crippen LogP contribution in [0.2, 0.25) is 0 Å². The number of nitrogens with two attached hydrogens (primary N) is 2. The van der Waals surface area contributed by atoms with E-state index in [1.807, 2.05) is 83.8 Å². The molecule has 4 aromatic rings. The highest BCUT2D eigenvalue weighted by Crippen LogP contribution is 2.35. The van der Waals surface area contributed by atoms with Crippen molar-refractivity contribution in [1.29, 1.82) is 5.41 Å². The molecule has 0 fully saturated rings. The van der Waals surface area contributed by atoms with Crippen LogP contribution in [0.1, 0.15) is 28.3 Å². The van der Waals surface area contributed by atoms with Crippen molar-refractivity contribution in [2.45, 2.75) is 19.2 Å². The molecule has 0 heterocycles. The van der Waals surface area contributed by atoms with Gasteiger partial charge in [-0.05, 0) is 53.1 Å². The molecular formula is C30H30N4O3. The number of anilines is 1. The fourth-order valence-corrected chi connectivity index (χ4v) is 4.15. The van der Waals surface area contributed by atoms with E-state index in [4.69, 9.17) is 26.4 Å². The van der Waals surface area contributed by atoms with Gasteiger partial charge in [0.25, 0.3) is 0 Å². The van der Waals surface area contributed by atoms with Crippen LogP contribution in [0.3, 0.4) is 0 Å². The number of methoxy groups -OCH3 is 1. The van der Waals surface area contributed by atoms with Crippen LogP contribution in [0, 0.1) is 5.41 Å². The molecule has 0 spiro atoms. The predicted octanol–water partition coefficient (Wildman–Crippen LogP) is 4.79. The van der Waals surface area contributed by atoms with Crippen LogP contribution >= 0.6 is 0 Å². The van der Waals surface area contributed by atoms with Gasteiger partial charge in [0, 0.05) is 17.8 Å². The number of hydrogen-bond acceptors (Lipinski definition) is 5. The molecule has 0 bridgehead atoms. The van der Waals surface area contributed by atoms with Crippen molar-refractivity contribution < 1.29 is 14.3 Å². The van der Waals surface area contributed by atoms with E-state index in [1.54, 1.807) is 31.4 Å². The first-order valence-electron chi connectivity index (χ1n) is 11.8. The molecule has 0 aromatic heterocycles. The molecule has 7 heteroatoms. The van der Waals surface area contributed by atoms with E-state index in [0.29, 0.717) is 35.8 Å². The summed E-state index contributed by atoms with van der Waals surface area (Å²) < 4.78 is 11.6. The molecule has 7 nitrogen and oxygen atoms in total. The molecule has 188 valence electrons. The summed E-state index contributed by atoms with van der Waals surface area (Å²) in [6, 6.07) is 31.5. The topological polar surface area (TPSA) is 115 Å². The molecule has 1 unspecified atom stereocenters. The second-order valence-corrected chi connectivity index (χ2v) is 8.56. The SMILES string of the molecule is COc1cc(C(C(N)=O)N(Cc2ccccc2)c2ccc(C(=N)N)cc2)ccc1OCc1ccccc1. The van der Waals surface area contributed by atoms with Crippen molar-refractivity contribution in [2.24, 2.45) is 11.5 Å². The Kier molecular flexibility index (Phi) is 8.05. The summed E-state index contributed by atoms with van der Waals surface area (Å²) >= 11 is 0. The van der Waals surface area contributed by atoms with Crippen LogP contribution in [0.5, 0.6) is 11.5 Å². The number of primary amides is 1. The maximum absolute atomic E-state index is 12.9. The number of amides is 1. The number of nitrogens with zero attached hydrogens (tertiary/aromatic N) is 1. The molecule has 1 amide bonds. The average molecular weight is 495 g/mol. The Labute approximate surface area is 216 Å². The fourth-order valence-electron chi connectivity index (χ4n) is 4.15. The molecule has 4 aromatic carbocycles. The van der Waals surface area contributed by atoms with Crippen LogP contribution in [0.15, 0.2) is 103 Å². The third-order valence-corrected chi connectivity index (χ3v) is 6.03. The highest BCUT2D eigenvalue weighted by molar-refractivity contribution is 5.95. The first kappa shape index (κ1) is 25.3. The minimum atomic E-state index is -0.791. The van der Waals surface area contributed by atoms with Crippen LogP contribution in [0.25, 0.3) is 0 Å². The number of carbonyl (C=O) groups is 1. The molecule has 0 aliphatic heterocycles. The van der Waals surface area contributed by atoms with E-state index in [1.165, 1.54) is 0 Å². The first-order chi connectivity index (χ1) is 18.0. The third-order valence-electron chi connectivity index (χ3n) is 6.03. The Morgan fingerprint density at radius 1 is 0.838 bits per heavy atom. The standard InChI is InChI=1S/C30H30N4O3/c1-36-27-18-24(14-17-26(27)37-20-22-10-6-3-7-11-22)28(30(33)35)34(19-21-8-4-2-5-9-21)25-15-12-23(13-16-25)29(31)32/h2-18,28H,19-20H2,1H3,(H3,31,32)(H2,33,35). The Morgan fingerprint density at radius 2 is 1.46 bits per heavy atom. The average Bonchev–Trinajstić information content (AvgIpc) is 2.93. The van der Waals surface area contributed by atoms with Gasteiger partial charge in [0.1, 0.15) is 18.5 Å². The third kappa shape index (κ3) is 6.27. The minimum Gasteiger partial charge on any atom is -0.493 e. The molecule has 0 aliphatic rings. The summed E-state index contributed by atoms with van der Waals surface area (Å²) in [5.74, 6) is 0.542. The molecule has 37 heavy (non-hydrogen) atoms. The van der Waals surface area contributed by atoms with E-state index in [9.17, 15) is 4.79 Å². The summed E-state index contributed by atoms with van der Waals surface area (Å²) in [7, 11) is 1.57. The van der Waals surface area contributed by atoms with Gasteiger partial charge in [-0.25, -0.2) is 0 Å². The van der Waals surface area contributed by atoms with Crippen molar-refractivity contribution >= 4 is 17.4 Å². The number of amidine groups is 1.